The Labute approximate surface area is 122 Å². The van der Waals surface area contributed by atoms with Gasteiger partial charge >= 0.3 is 0 Å². The van der Waals surface area contributed by atoms with Crippen molar-refractivity contribution in [3.05, 3.63) is 34.9 Å². The summed E-state index contributed by atoms with van der Waals surface area (Å²) in [6.45, 7) is 4.77. The van der Waals surface area contributed by atoms with Crippen LogP contribution in [0.25, 0.3) is 0 Å². The third kappa shape index (κ3) is 2.57. The summed E-state index contributed by atoms with van der Waals surface area (Å²) >= 11 is 6.44. The summed E-state index contributed by atoms with van der Waals surface area (Å²) in [5, 5.41) is 0.347. The number of allylic oxidation sites excluding steroid dienone is 6. The van der Waals surface area contributed by atoms with Crippen molar-refractivity contribution in [2.45, 2.75) is 57.7 Å². The van der Waals surface area contributed by atoms with Gasteiger partial charge in [0, 0.05) is 5.38 Å². The van der Waals surface area contributed by atoms with E-state index in [9.17, 15) is 0 Å². The molecule has 0 saturated heterocycles. The van der Waals surface area contributed by atoms with Crippen LogP contribution in [0.4, 0.5) is 0 Å². The van der Waals surface area contributed by atoms with Gasteiger partial charge in [-0.3, -0.25) is 0 Å². The molecule has 104 valence electrons. The molecule has 0 spiro atoms. The summed E-state index contributed by atoms with van der Waals surface area (Å²) < 4.78 is 0. The number of rotatable bonds is 1. The molecule has 0 heterocycles. The Bertz CT molecular complexity index is 441. The monoisotopic (exact) mass is 276 g/mol. The van der Waals surface area contributed by atoms with E-state index in [1.54, 1.807) is 16.7 Å². The molecule has 0 radical (unpaired) electrons. The molecule has 4 unspecified atom stereocenters. The minimum atomic E-state index is 0.347. The van der Waals surface area contributed by atoms with Crippen LogP contribution < -0.4 is 0 Å². The van der Waals surface area contributed by atoms with E-state index < -0.39 is 0 Å². The molecule has 3 rings (SSSR count). The number of alkyl halides is 1. The van der Waals surface area contributed by atoms with Crippen LogP contribution in [0.15, 0.2) is 34.9 Å². The van der Waals surface area contributed by atoms with Crippen LogP contribution in [0, 0.1) is 17.8 Å². The summed E-state index contributed by atoms with van der Waals surface area (Å²) in [6.07, 6.45) is 14.7. The van der Waals surface area contributed by atoms with Gasteiger partial charge < -0.3 is 0 Å². The molecular weight excluding hydrogens is 252 g/mol. The first kappa shape index (κ1) is 13.5. The Morgan fingerprint density at radius 2 is 2.11 bits per heavy atom. The van der Waals surface area contributed by atoms with Crippen LogP contribution >= 0.6 is 11.6 Å². The first-order valence-corrected chi connectivity index (χ1v) is 8.29. The van der Waals surface area contributed by atoms with Gasteiger partial charge in [0.05, 0.1) is 0 Å². The zero-order valence-electron chi connectivity index (χ0n) is 12.2. The molecule has 0 nitrogen and oxygen atoms in total. The lowest BCUT2D eigenvalue weighted by Gasteiger charge is -2.41. The van der Waals surface area contributed by atoms with Crippen LogP contribution in [-0.4, -0.2) is 5.38 Å². The highest BCUT2D eigenvalue weighted by Gasteiger charge is 2.36. The van der Waals surface area contributed by atoms with Gasteiger partial charge in [-0.1, -0.05) is 36.3 Å². The maximum atomic E-state index is 6.44. The summed E-state index contributed by atoms with van der Waals surface area (Å²) in [4.78, 5) is 0. The Balaban J connectivity index is 1.94. The van der Waals surface area contributed by atoms with Gasteiger partial charge in [0.25, 0.3) is 0 Å². The highest BCUT2D eigenvalue weighted by molar-refractivity contribution is 6.20. The molecule has 0 bridgehead atoms. The summed E-state index contributed by atoms with van der Waals surface area (Å²) in [6, 6.07) is 0. The van der Waals surface area contributed by atoms with E-state index >= 15 is 0 Å². The summed E-state index contributed by atoms with van der Waals surface area (Å²) in [5.41, 5.74) is 5.00. The van der Waals surface area contributed by atoms with Crippen LogP contribution in [0.3, 0.4) is 0 Å². The second-order valence-electron chi connectivity index (χ2n) is 6.67. The fourth-order valence-electron chi connectivity index (χ4n) is 4.30. The van der Waals surface area contributed by atoms with Crippen LogP contribution in [0.5, 0.6) is 0 Å². The van der Waals surface area contributed by atoms with Crippen molar-refractivity contribution >= 4 is 11.6 Å². The average molecular weight is 277 g/mol. The van der Waals surface area contributed by atoms with E-state index in [-0.39, 0.29) is 0 Å². The van der Waals surface area contributed by atoms with Crippen molar-refractivity contribution in [1.29, 1.82) is 0 Å². The van der Waals surface area contributed by atoms with Gasteiger partial charge in [-0.15, -0.1) is 11.6 Å². The number of hydrogen-bond acceptors (Lipinski definition) is 0. The van der Waals surface area contributed by atoms with Gasteiger partial charge in [0.1, 0.15) is 0 Å². The standard InChI is InChI=1S/C18H25Cl/c1-12-8-10-15(19)11-17(12)18-13(2)7-9-14-5-3-4-6-16(14)18/h4,6,8,13,15,17-18H,3,5,7,9-11H2,1-2H3. The molecular formula is C18H25Cl. The highest BCUT2D eigenvalue weighted by Crippen LogP contribution is 2.47. The maximum absolute atomic E-state index is 6.44. The molecule has 0 fully saturated rings. The molecule has 0 saturated carbocycles. The van der Waals surface area contributed by atoms with Crippen molar-refractivity contribution in [2.24, 2.45) is 17.8 Å². The molecule has 0 N–H and O–H groups in total. The fourth-order valence-corrected chi connectivity index (χ4v) is 4.58. The largest absolute Gasteiger partial charge is 0.123 e. The topological polar surface area (TPSA) is 0 Å². The summed E-state index contributed by atoms with van der Waals surface area (Å²) in [7, 11) is 0. The van der Waals surface area contributed by atoms with Crippen molar-refractivity contribution in [3.63, 3.8) is 0 Å². The first-order valence-electron chi connectivity index (χ1n) is 7.86. The van der Waals surface area contributed by atoms with Gasteiger partial charge in [0.2, 0.25) is 0 Å². The minimum Gasteiger partial charge on any atom is -0.123 e. The Morgan fingerprint density at radius 1 is 1.26 bits per heavy atom. The molecule has 0 aromatic carbocycles. The number of hydrogen-bond donors (Lipinski definition) is 0. The van der Waals surface area contributed by atoms with Crippen molar-refractivity contribution in [1.82, 2.24) is 0 Å². The van der Waals surface area contributed by atoms with Gasteiger partial charge in [-0.05, 0) is 68.8 Å². The predicted molar refractivity (Wildman–Crippen MR) is 83.4 cm³/mol. The lowest BCUT2D eigenvalue weighted by molar-refractivity contribution is 0.263. The Hall–Kier alpha value is -0.490. The van der Waals surface area contributed by atoms with Gasteiger partial charge in [-0.25, -0.2) is 0 Å². The van der Waals surface area contributed by atoms with Crippen LogP contribution in [0.2, 0.25) is 0 Å². The Kier molecular flexibility index (Phi) is 3.89. The molecule has 0 aromatic rings. The SMILES string of the molecule is CC1=CCC(Cl)CC1C1C2=C(CCC=C2)CCC1C. The van der Waals surface area contributed by atoms with E-state index in [1.165, 1.54) is 32.1 Å². The number of halogens is 1. The molecule has 0 amide bonds. The zero-order valence-corrected chi connectivity index (χ0v) is 12.9. The van der Waals surface area contributed by atoms with E-state index in [0.717, 1.165) is 18.3 Å². The minimum absolute atomic E-state index is 0.347. The second-order valence-corrected chi connectivity index (χ2v) is 7.28. The molecule has 1 heteroatoms. The Morgan fingerprint density at radius 3 is 2.95 bits per heavy atom. The molecule has 3 aliphatic rings. The van der Waals surface area contributed by atoms with Crippen molar-refractivity contribution in [3.8, 4) is 0 Å². The summed E-state index contributed by atoms with van der Waals surface area (Å²) in [5.74, 6) is 2.20. The average Bonchev–Trinajstić information content (AvgIpc) is 2.42. The quantitative estimate of drug-likeness (QED) is 0.429. The van der Waals surface area contributed by atoms with Crippen molar-refractivity contribution in [2.75, 3.05) is 0 Å². The second kappa shape index (κ2) is 5.48. The van der Waals surface area contributed by atoms with Crippen LogP contribution in [0.1, 0.15) is 52.4 Å². The normalized spacial score (nSPS) is 39.0. The molecule has 19 heavy (non-hydrogen) atoms. The van der Waals surface area contributed by atoms with E-state index in [0.29, 0.717) is 11.3 Å². The molecule has 0 aliphatic heterocycles. The smallest absolute Gasteiger partial charge is 0.0376 e. The lowest BCUT2D eigenvalue weighted by Crippen LogP contribution is -2.32. The molecule has 0 aromatic heterocycles. The first-order chi connectivity index (χ1) is 9.16. The molecule has 3 aliphatic carbocycles. The van der Waals surface area contributed by atoms with E-state index in [4.69, 9.17) is 11.6 Å². The third-order valence-electron chi connectivity index (χ3n) is 5.42. The fraction of sp³-hybridized carbons (Fsp3) is 0.667. The van der Waals surface area contributed by atoms with E-state index in [1.807, 2.05) is 0 Å². The van der Waals surface area contributed by atoms with Crippen LogP contribution in [-0.2, 0) is 0 Å². The van der Waals surface area contributed by atoms with Crippen molar-refractivity contribution < 1.29 is 0 Å². The van der Waals surface area contributed by atoms with Gasteiger partial charge in [-0.2, -0.15) is 0 Å². The molecule has 4 atom stereocenters. The van der Waals surface area contributed by atoms with Gasteiger partial charge in [0.15, 0.2) is 0 Å². The lowest BCUT2D eigenvalue weighted by atomic mass is 9.64. The third-order valence-corrected chi connectivity index (χ3v) is 5.77. The maximum Gasteiger partial charge on any atom is 0.0376 e. The zero-order chi connectivity index (χ0) is 13.4. The van der Waals surface area contributed by atoms with E-state index in [2.05, 4.69) is 32.1 Å². The predicted octanol–water partition coefficient (Wildman–Crippen LogP) is 5.64. The highest BCUT2D eigenvalue weighted by atomic mass is 35.5.